The van der Waals surface area contributed by atoms with Crippen LogP contribution in [0.1, 0.15) is 0 Å². The van der Waals surface area contributed by atoms with Crippen LogP contribution in [-0.2, 0) is 18.1 Å². The zero-order valence-corrected chi connectivity index (χ0v) is 15.2. The first-order valence-electron chi connectivity index (χ1n) is 6.98. The average Bonchev–Trinajstić information content (AvgIpc) is 3.22. The molecule has 0 aliphatic heterocycles. The van der Waals surface area contributed by atoms with Crippen LogP contribution in [0, 0.1) is 0 Å². The van der Waals surface area contributed by atoms with Crippen LogP contribution in [0.3, 0.4) is 0 Å². The van der Waals surface area contributed by atoms with Gasteiger partial charge in [0.25, 0.3) is 0 Å². The smallest absolute Gasteiger partial charge is 0.215 e. The van der Waals surface area contributed by atoms with Crippen LogP contribution in [0.15, 0.2) is 51.1 Å². The molecule has 0 amide bonds. The maximum absolute atomic E-state index is 11.7. The lowest BCUT2D eigenvalue weighted by Crippen LogP contribution is -1.95. The van der Waals surface area contributed by atoms with Gasteiger partial charge in [-0.2, -0.15) is 0 Å². The maximum atomic E-state index is 11.7. The lowest BCUT2D eigenvalue weighted by atomic mass is 10.1. The number of aromatic nitrogens is 6. The molecule has 0 aliphatic rings. The normalized spacial score (nSPS) is 12.6. The Balaban J connectivity index is 1.92. The predicted octanol–water partition coefficient (Wildman–Crippen LogP) is 2.61. The van der Waals surface area contributed by atoms with Crippen molar-refractivity contribution >= 4 is 44.4 Å². The summed E-state index contributed by atoms with van der Waals surface area (Å²) in [7, 11) is 1.75. The molecule has 1 N–H and O–H groups in total. The molecule has 3 heterocycles. The van der Waals surface area contributed by atoms with E-state index < -0.39 is 11.1 Å². The van der Waals surface area contributed by atoms with Crippen molar-refractivity contribution in [3.8, 4) is 11.1 Å². The largest absolute Gasteiger partial charge is 0.302 e. The summed E-state index contributed by atoms with van der Waals surface area (Å²) in [4.78, 5) is 9.82. The molecule has 11 heteroatoms. The number of hydrogen-bond donors (Lipinski definition) is 1. The summed E-state index contributed by atoms with van der Waals surface area (Å²) in [6, 6.07) is 7.02. The van der Waals surface area contributed by atoms with E-state index in [0.29, 0.717) is 20.6 Å². The number of rotatable bonds is 4. The van der Waals surface area contributed by atoms with Crippen LogP contribution in [-0.4, -0.2) is 38.9 Å². The SMILES string of the molecule is Cn1nnnc1Sc1ncnc2scc(-c3ccccc3S(=O)O)c12. The molecule has 1 unspecified atom stereocenters. The number of hydrogen-bond acceptors (Lipinski definition) is 8. The van der Waals surface area contributed by atoms with Gasteiger partial charge in [0.15, 0.2) is 11.1 Å². The molecule has 126 valence electrons. The van der Waals surface area contributed by atoms with Crippen molar-refractivity contribution in [2.45, 2.75) is 15.1 Å². The predicted molar refractivity (Wildman–Crippen MR) is 94.8 cm³/mol. The number of tetrazole rings is 1. The summed E-state index contributed by atoms with van der Waals surface area (Å²) < 4.78 is 22.8. The molecule has 0 radical (unpaired) electrons. The second kappa shape index (κ2) is 6.59. The summed E-state index contributed by atoms with van der Waals surface area (Å²) in [5, 5.41) is 15.4. The van der Waals surface area contributed by atoms with E-state index in [9.17, 15) is 8.76 Å². The van der Waals surface area contributed by atoms with Crippen molar-refractivity contribution in [3.63, 3.8) is 0 Å². The highest BCUT2D eigenvalue weighted by molar-refractivity contribution is 7.99. The highest BCUT2D eigenvalue weighted by Crippen LogP contribution is 2.40. The van der Waals surface area contributed by atoms with Gasteiger partial charge in [-0.3, -0.25) is 0 Å². The lowest BCUT2D eigenvalue weighted by Gasteiger charge is -2.07. The summed E-state index contributed by atoms with van der Waals surface area (Å²) in [5.41, 5.74) is 1.50. The van der Waals surface area contributed by atoms with Gasteiger partial charge in [-0.05, 0) is 28.3 Å². The van der Waals surface area contributed by atoms with E-state index in [2.05, 4.69) is 25.5 Å². The zero-order valence-electron chi connectivity index (χ0n) is 12.7. The van der Waals surface area contributed by atoms with Crippen molar-refractivity contribution in [2.24, 2.45) is 7.05 Å². The first-order chi connectivity index (χ1) is 12.1. The first kappa shape index (κ1) is 16.3. The fourth-order valence-corrected chi connectivity index (χ4v) is 4.72. The van der Waals surface area contributed by atoms with Crippen LogP contribution >= 0.6 is 23.1 Å². The molecular weight excluding hydrogens is 380 g/mol. The van der Waals surface area contributed by atoms with E-state index >= 15 is 0 Å². The van der Waals surface area contributed by atoms with E-state index in [1.165, 1.54) is 29.4 Å². The molecule has 4 aromatic rings. The maximum Gasteiger partial charge on any atom is 0.215 e. The highest BCUT2D eigenvalue weighted by Gasteiger charge is 2.19. The Morgan fingerprint density at radius 3 is 2.84 bits per heavy atom. The van der Waals surface area contributed by atoms with Crippen LogP contribution in [0.4, 0.5) is 0 Å². The van der Waals surface area contributed by atoms with Gasteiger partial charge < -0.3 is 4.55 Å². The number of aryl methyl sites for hydroxylation is 1. The van der Waals surface area contributed by atoms with Crippen molar-refractivity contribution < 1.29 is 8.76 Å². The van der Waals surface area contributed by atoms with Gasteiger partial charge in [0.1, 0.15) is 16.2 Å². The molecule has 4 rings (SSSR count). The van der Waals surface area contributed by atoms with E-state index in [1.54, 1.807) is 23.9 Å². The van der Waals surface area contributed by atoms with Crippen molar-refractivity contribution in [2.75, 3.05) is 0 Å². The first-order valence-corrected chi connectivity index (χ1v) is 9.78. The topological polar surface area (TPSA) is 107 Å². The lowest BCUT2D eigenvalue weighted by molar-refractivity contribution is 0.564. The Bertz CT molecular complexity index is 1090. The minimum absolute atomic E-state index is 0.349. The summed E-state index contributed by atoms with van der Waals surface area (Å²) in [5.74, 6) is 0. The summed E-state index contributed by atoms with van der Waals surface area (Å²) >= 11 is 0.690. The minimum atomic E-state index is -2.09. The fourth-order valence-electron chi connectivity index (χ4n) is 2.36. The van der Waals surface area contributed by atoms with E-state index in [-0.39, 0.29) is 0 Å². The van der Waals surface area contributed by atoms with E-state index in [0.717, 1.165) is 15.8 Å². The molecule has 0 spiro atoms. The standard InChI is InChI=1S/C14H10N6O2S3/c1-20-14(17-18-19-20)24-13-11-9(6-23-12(11)15-7-16-13)8-4-2-3-5-10(8)25(21)22/h2-7H,1H3,(H,21,22). The van der Waals surface area contributed by atoms with E-state index in [4.69, 9.17) is 0 Å². The zero-order chi connectivity index (χ0) is 17.4. The van der Waals surface area contributed by atoms with Crippen molar-refractivity contribution in [1.82, 2.24) is 30.2 Å². The quantitative estimate of drug-likeness (QED) is 0.419. The third-order valence-electron chi connectivity index (χ3n) is 3.47. The molecule has 25 heavy (non-hydrogen) atoms. The van der Waals surface area contributed by atoms with E-state index in [1.807, 2.05) is 17.5 Å². The van der Waals surface area contributed by atoms with Gasteiger partial charge >= 0.3 is 0 Å². The molecule has 3 aromatic heterocycles. The molecule has 1 atom stereocenters. The Morgan fingerprint density at radius 2 is 2.08 bits per heavy atom. The van der Waals surface area contributed by atoms with Crippen LogP contribution in [0.5, 0.6) is 0 Å². The molecule has 8 nitrogen and oxygen atoms in total. The third-order valence-corrected chi connectivity index (χ3v) is 6.12. The van der Waals surface area contributed by atoms with Gasteiger partial charge in [0.2, 0.25) is 5.16 Å². The third kappa shape index (κ3) is 2.95. The summed E-state index contributed by atoms with van der Waals surface area (Å²) in [6.07, 6.45) is 1.49. The van der Waals surface area contributed by atoms with Gasteiger partial charge in [-0.1, -0.05) is 18.2 Å². The van der Waals surface area contributed by atoms with Crippen LogP contribution < -0.4 is 0 Å². The number of fused-ring (bicyclic) bond motifs is 1. The Kier molecular flexibility index (Phi) is 4.29. The Labute approximate surface area is 152 Å². The Hall–Kier alpha value is -2.21. The average molecular weight is 390 g/mol. The van der Waals surface area contributed by atoms with Gasteiger partial charge in [-0.15, -0.1) is 16.4 Å². The molecular formula is C14H10N6O2S3. The number of nitrogens with zero attached hydrogens (tertiary/aromatic N) is 6. The molecule has 1 aromatic carbocycles. The van der Waals surface area contributed by atoms with Gasteiger partial charge in [0.05, 0.1) is 10.3 Å². The number of thiophene rings is 1. The molecule has 0 saturated heterocycles. The van der Waals surface area contributed by atoms with Crippen molar-refractivity contribution in [1.29, 1.82) is 0 Å². The monoisotopic (exact) mass is 390 g/mol. The fraction of sp³-hybridized carbons (Fsp3) is 0.0714. The van der Waals surface area contributed by atoms with Crippen LogP contribution in [0.25, 0.3) is 21.3 Å². The molecule has 0 bridgehead atoms. The molecule has 0 aliphatic carbocycles. The molecule has 0 fully saturated rings. The summed E-state index contributed by atoms with van der Waals surface area (Å²) in [6.45, 7) is 0. The second-order valence-corrected chi connectivity index (χ2v) is 7.69. The van der Waals surface area contributed by atoms with Crippen LogP contribution in [0.2, 0.25) is 0 Å². The van der Waals surface area contributed by atoms with Crippen molar-refractivity contribution in [3.05, 3.63) is 36.0 Å². The highest BCUT2D eigenvalue weighted by atomic mass is 32.2. The van der Waals surface area contributed by atoms with Gasteiger partial charge in [0, 0.05) is 23.6 Å². The molecule has 0 saturated carbocycles. The Morgan fingerprint density at radius 1 is 1.24 bits per heavy atom. The minimum Gasteiger partial charge on any atom is -0.302 e. The number of benzene rings is 1. The second-order valence-electron chi connectivity index (χ2n) is 4.94. The van der Waals surface area contributed by atoms with Gasteiger partial charge in [-0.25, -0.2) is 18.9 Å².